The Balaban J connectivity index is 1.85. The molecule has 0 spiro atoms. The molecular formula is C17H20ClNO4S. The number of carbonyl (C=O) groups excluding carboxylic acids is 1. The Hall–Kier alpha value is -1.53. The third-order valence-electron chi connectivity index (χ3n) is 4.33. The predicted octanol–water partition coefficient (Wildman–Crippen LogP) is 2.54. The summed E-state index contributed by atoms with van der Waals surface area (Å²) in [4.78, 5) is 14.6. The lowest BCUT2D eigenvalue weighted by molar-refractivity contribution is -0.129. The molecule has 24 heavy (non-hydrogen) atoms. The van der Waals surface area contributed by atoms with Gasteiger partial charge in [0.2, 0.25) is 0 Å². The minimum Gasteiger partial charge on any atom is -0.488 e. The van der Waals surface area contributed by atoms with Gasteiger partial charge in [0.25, 0.3) is 5.91 Å². The van der Waals surface area contributed by atoms with Crippen molar-refractivity contribution >= 4 is 33.4 Å². The number of amides is 1. The van der Waals surface area contributed by atoms with Crippen molar-refractivity contribution in [3.05, 3.63) is 34.4 Å². The normalized spacial score (nSPS) is 21.6. The molecule has 130 valence electrons. The van der Waals surface area contributed by atoms with Gasteiger partial charge in [0.15, 0.2) is 9.84 Å². The first kappa shape index (κ1) is 17.3. The average Bonchev–Trinajstić information content (AvgIpc) is 2.91. The van der Waals surface area contributed by atoms with Gasteiger partial charge in [-0.1, -0.05) is 18.5 Å². The summed E-state index contributed by atoms with van der Waals surface area (Å²) in [6.07, 6.45) is 3.07. The largest absolute Gasteiger partial charge is 0.488 e. The van der Waals surface area contributed by atoms with E-state index in [9.17, 15) is 13.2 Å². The van der Waals surface area contributed by atoms with Crippen LogP contribution in [0.2, 0.25) is 5.02 Å². The highest BCUT2D eigenvalue weighted by Gasteiger charge is 2.35. The molecule has 2 heterocycles. The van der Waals surface area contributed by atoms with E-state index < -0.39 is 9.84 Å². The zero-order chi connectivity index (χ0) is 17.3. The van der Waals surface area contributed by atoms with Crippen molar-refractivity contribution in [1.29, 1.82) is 0 Å². The average molecular weight is 370 g/mol. The standard InChI is InChI=1S/C17H20ClNO4S/c1-2-6-19(15-5-7-24(21,22)11-15)17(20)13-8-12-9-14(18)3-4-16(12)23-10-13/h3-4,8-9,15H,2,5-7,10-11H2,1H3. The van der Waals surface area contributed by atoms with E-state index in [1.807, 2.05) is 6.92 Å². The number of halogens is 1. The summed E-state index contributed by atoms with van der Waals surface area (Å²) in [5.41, 5.74) is 1.30. The van der Waals surface area contributed by atoms with E-state index in [-0.39, 0.29) is 30.1 Å². The van der Waals surface area contributed by atoms with Crippen LogP contribution in [0.3, 0.4) is 0 Å². The molecule has 3 rings (SSSR count). The van der Waals surface area contributed by atoms with Crippen LogP contribution in [-0.2, 0) is 14.6 Å². The molecule has 0 N–H and O–H groups in total. The van der Waals surface area contributed by atoms with Crippen LogP contribution in [-0.4, -0.2) is 49.9 Å². The van der Waals surface area contributed by atoms with Gasteiger partial charge in [-0.25, -0.2) is 8.42 Å². The smallest absolute Gasteiger partial charge is 0.253 e. The summed E-state index contributed by atoms with van der Waals surface area (Å²) in [7, 11) is -3.04. The van der Waals surface area contributed by atoms with Crippen molar-refractivity contribution < 1.29 is 17.9 Å². The van der Waals surface area contributed by atoms with Crippen LogP contribution in [0.15, 0.2) is 23.8 Å². The molecule has 7 heteroatoms. The highest BCUT2D eigenvalue weighted by atomic mass is 35.5. The third-order valence-corrected chi connectivity index (χ3v) is 6.32. The maximum absolute atomic E-state index is 12.9. The van der Waals surface area contributed by atoms with Crippen molar-refractivity contribution in [2.24, 2.45) is 0 Å². The quantitative estimate of drug-likeness (QED) is 0.818. The molecule has 0 radical (unpaired) electrons. The van der Waals surface area contributed by atoms with Crippen molar-refractivity contribution in [1.82, 2.24) is 4.90 Å². The molecule has 2 aliphatic rings. The van der Waals surface area contributed by atoms with E-state index in [0.29, 0.717) is 29.3 Å². The Bertz CT molecular complexity index is 788. The van der Waals surface area contributed by atoms with E-state index in [4.69, 9.17) is 16.3 Å². The van der Waals surface area contributed by atoms with E-state index >= 15 is 0 Å². The Labute approximate surface area is 147 Å². The van der Waals surface area contributed by atoms with Crippen LogP contribution >= 0.6 is 11.6 Å². The van der Waals surface area contributed by atoms with Gasteiger partial charge < -0.3 is 9.64 Å². The summed E-state index contributed by atoms with van der Waals surface area (Å²) < 4.78 is 29.2. The third kappa shape index (κ3) is 3.59. The summed E-state index contributed by atoms with van der Waals surface area (Å²) in [5.74, 6) is 0.750. The van der Waals surface area contributed by atoms with E-state index in [0.717, 1.165) is 12.0 Å². The van der Waals surface area contributed by atoms with Gasteiger partial charge in [0.1, 0.15) is 12.4 Å². The van der Waals surface area contributed by atoms with Crippen molar-refractivity contribution in [3.63, 3.8) is 0 Å². The first-order valence-electron chi connectivity index (χ1n) is 8.04. The Morgan fingerprint density at radius 1 is 1.42 bits per heavy atom. The SMILES string of the molecule is CCCN(C(=O)C1=Cc2cc(Cl)ccc2OC1)C1CCS(=O)(=O)C1. The monoisotopic (exact) mass is 369 g/mol. The number of hydrogen-bond acceptors (Lipinski definition) is 4. The predicted molar refractivity (Wildman–Crippen MR) is 94.0 cm³/mol. The van der Waals surface area contributed by atoms with Gasteiger partial charge in [0, 0.05) is 23.2 Å². The van der Waals surface area contributed by atoms with Gasteiger partial charge in [-0.2, -0.15) is 0 Å². The second kappa shape index (κ2) is 6.76. The van der Waals surface area contributed by atoms with Crippen LogP contribution in [0.1, 0.15) is 25.3 Å². The zero-order valence-electron chi connectivity index (χ0n) is 13.5. The van der Waals surface area contributed by atoms with Gasteiger partial charge in [-0.3, -0.25) is 4.79 Å². The van der Waals surface area contributed by atoms with Gasteiger partial charge in [-0.05, 0) is 37.1 Å². The van der Waals surface area contributed by atoms with Crippen molar-refractivity contribution in [2.45, 2.75) is 25.8 Å². The van der Waals surface area contributed by atoms with Crippen LogP contribution in [0.5, 0.6) is 5.75 Å². The Morgan fingerprint density at radius 3 is 2.88 bits per heavy atom. The molecule has 0 aliphatic carbocycles. The molecule has 2 aliphatic heterocycles. The zero-order valence-corrected chi connectivity index (χ0v) is 15.1. The number of carbonyl (C=O) groups is 1. The maximum atomic E-state index is 12.9. The molecule has 0 bridgehead atoms. The van der Waals surface area contributed by atoms with Crippen LogP contribution in [0.4, 0.5) is 0 Å². The lowest BCUT2D eigenvalue weighted by Gasteiger charge is -2.30. The highest BCUT2D eigenvalue weighted by Crippen LogP contribution is 2.30. The molecule has 1 atom stereocenters. The van der Waals surface area contributed by atoms with Gasteiger partial charge in [-0.15, -0.1) is 0 Å². The van der Waals surface area contributed by atoms with Crippen molar-refractivity contribution in [3.8, 4) is 5.75 Å². The number of ether oxygens (including phenoxy) is 1. The topological polar surface area (TPSA) is 63.7 Å². The Kier molecular flexibility index (Phi) is 4.88. The second-order valence-corrected chi connectivity index (χ2v) is 8.86. The van der Waals surface area contributed by atoms with Crippen LogP contribution in [0, 0.1) is 0 Å². The van der Waals surface area contributed by atoms with Gasteiger partial charge >= 0.3 is 0 Å². The molecule has 1 amide bonds. The number of fused-ring (bicyclic) bond motifs is 1. The lowest BCUT2D eigenvalue weighted by Crippen LogP contribution is -2.43. The number of rotatable bonds is 4. The fraction of sp³-hybridized carbons (Fsp3) is 0.471. The van der Waals surface area contributed by atoms with E-state index in [1.54, 1.807) is 29.2 Å². The molecule has 5 nitrogen and oxygen atoms in total. The molecular weight excluding hydrogens is 350 g/mol. The van der Waals surface area contributed by atoms with E-state index in [2.05, 4.69) is 0 Å². The summed E-state index contributed by atoms with van der Waals surface area (Å²) >= 11 is 6.00. The van der Waals surface area contributed by atoms with Gasteiger partial charge in [0.05, 0.1) is 17.1 Å². The molecule has 0 saturated carbocycles. The molecule has 1 unspecified atom stereocenters. The number of benzene rings is 1. The fourth-order valence-electron chi connectivity index (χ4n) is 3.17. The number of sulfone groups is 1. The molecule has 1 saturated heterocycles. The number of nitrogens with zero attached hydrogens (tertiary/aromatic N) is 1. The minimum absolute atomic E-state index is 0.0509. The highest BCUT2D eigenvalue weighted by molar-refractivity contribution is 7.91. The molecule has 1 fully saturated rings. The molecule has 1 aromatic carbocycles. The molecule has 0 aromatic heterocycles. The summed E-state index contributed by atoms with van der Waals surface area (Å²) in [5, 5.41) is 0.578. The van der Waals surface area contributed by atoms with Crippen molar-refractivity contribution in [2.75, 3.05) is 24.7 Å². The summed E-state index contributed by atoms with van der Waals surface area (Å²) in [6, 6.07) is 5.04. The number of hydrogen-bond donors (Lipinski definition) is 0. The summed E-state index contributed by atoms with van der Waals surface area (Å²) in [6.45, 7) is 2.70. The first-order chi connectivity index (χ1) is 11.4. The Morgan fingerprint density at radius 2 is 2.21 bits per heavy atom. The second-order valence-electron chi connectivity index (χ2n) is 6.20. The van der Waals surface area contributed by atoms with E-state index in [1.165, 1.54) is 0 Å². The molecule has 1 aromatic rings. The lowest BCUT2D eigenvalue weighted by atomic mass is 10.1. The minimum atomic E-state index is -3.04. The van der Waals surface area contributed by atoms with Crippen LogP contribution < -0.4 is 4.74 Å². The first-order valence-corrected chi connectivity index (χ1v) is 10.2. The van der Waals surface area contributed by atoms with Crippen LogP contribution in [0.25, 0.3) is 6.08 Å². The fourth-order valence-corrected chi connectivity index (χ4v) is 5.08. The maximum Gasteiger partial charge on any atom is 0.253 e.